The van der Waals surface area contributed by atoms with E-state index >= 15 is 0 Å². The summed E-state index contributed by atoms with van der Waals surface area (Å²) >= 11 is 0. The Bertz CT molecular complexity index is 2080. The molecule has 0 saturated carbocycles. The average Bonchev–Trinajstić information content (AvgIpc) is 3.75. The number of halogens is 1. The van der Waals surface area contributed by atoms with E-state index in [0.29, 0.717) is 22.4 Å². The van der Waals surface area contributed by atoms with Gasteiger partial charge >= 0.3 is 0 Å². The number of nitrogens with zero attached hydrogens (tertiary/aromatic N) is 5. The van der Waals surface area contributed by atoms with Gasteiger partial charge < -0.3 is 4.98 Å². The van der Waals surface area contributed by atoms with Gasteiger partial charge in [-0.3, -0.25) is 15.0 Å². The third-order valence-corrected chi connectivity index (χ3v) is 8.92. The van der Waals surface area contributed by atoms with Crippen LogP contribution >= 0.6 is 0 Å². The van der Waals surface area contributed by atoms with Gasteiger partial charge in [-0.05, 0) is 91.0 Å². The Kier molecular flexibility index (Phi) is 6.98. The number of likely N-dealkylation sites (tertiary alicyclic amines) is 1. The molecule has 0 unspecified atom stereocenters. The summed E-state index contributed by atoms with van der Waals surface area (Å²) in [7, 11) is -3.17. The molecule has 218 valence electrons. The van der Waals surface area contributed by atoms with Crippen LogP contribution in [0, 0.1) is 5.82 Å². The first kappa shape index (κ1) is 27.4. The minimum atomic E-state index is -3.17. The fourth-order valence-electron chi connectivity index (χ4n) is 5.86. The Morgan fingerprint density at radius 2 is 1.72 bits per heavy atom. The average molecular weight is 596 g/mol. The van der Waals surface area contributed by atoms with E-state index in [2.05, 4.69) is 47.2 Å². The van der Waals surface area contributed by atoms with Crippen molar-refractivity contribution in [1.29, 1.82) is 0 Å². The van der Waals surface area contributed by atoms with Crippen molar-refractivity contribution in [2.75, 3.05) is 25.1 Å². The van der Waals surface area contributed by atoms with Crippen molar-refractivity contribution in [2.24, 2.45) is 0 Å². The molecule has 43 heavy (non-hydrogen) atoms. The van der Waals surface area contributed by atoms with Crippen LogP contribution in [0.3, 0.4) is 0 Å². The van der Waals surface area contributed by atoms with Gasteiger partial charge in [-0.2, -0.15) is 5.10 Å². The summed E-state index contributed by atoms with van der Waals surface area (Å²) in [6.07, 6.45) is 11.2. The third kappa shape index (κ3) is 5.78. The summed E-state index contributed by atoms with van der Waals surface area (Å²) in [6, 6.07) is 12.7. The number of sulfone groups is 1. The van der Waals surface area contributed by atoms with Crippen LogP contribution in [-0.4, -0.2) is 68.5 Å². The summed E-state index contributed by atoms with van der Waals surface area (Å²) in [5, 5.41) is 9.22. The number of fused-ring (bicyclic) bond motifs is 2. The molecule has 1 aliphatic heterocycles. The lowest BCUT2D eigenvalue weighted by molar-refractivity contribution is 0.331. The van der Waals surface area contributed by atoms with Gasteiger partial charge in [0.1, 0.15) is 21.3 Å². The Morgan fingerprint density at radius 3 is 2.56 bits per heavy atom. The van der Waals surface area contributed by atoms with E-state index in [4.69, 9.17) is 0 Å². The molecule has 11 heteroatoms. The van der Waals surface area contributed by atoms with Crippen LogP contribution in [0.5, 0.6) is 0 Å². The van der Waals surface area contributed by atoms with Crippen molar-refractivity contribution in [3.8, 4) is 33.6 Å². The van der Waals surface area contributed by atoms with Gasteiger partial charge in [-0.15, -0.1) is 0 Å². The number of pyridine rings is 3. The van der Waals surface area contributed by atoms with Crippen LogP contribution in [0.1, 0.15) is 24.0 Å². The molecule has 1 aliphatic rings. The smallest absolute Gasteiger partial charge is 0.181 e. The lowest BCUT2D eigenvalue weighted by Gasteiger charge is -2.14. The van der Waals surface area contributed by atoms with Gasteiger partial charge in [0, 0.05) is 59.5 Å². The predicted molar refractivity (Wildman–Crippen MR) is 166 cm³/mol. The zero-order valence-electron chi connectivity index (χ0n) is 23.6. The maximum absolute atomic E-state index is 14.6. The molecule has 0 spiro atoms. The lowest BCUT2D eigenvalue weighted by Crippen LogP contribution is -2.18. The lowest BCUT2D eigenvalue weighted by atomic mass is 10.00. The van der Waals surface area contributed by atoms with Gasteiger partial charge in [0.05, 0.1) is 17.1 Å². The van der Waals surface area contributed by atoms with Crippen LogP contribution in [-0.2, 0) is 22.8 Å². The second kappa shape index (κ2) is 11.0. The van der Waals surface area contributed by atoms with Gasteiger partial charge in [0.2, 0.25) is 0 Å². The number of hydrogen-bond acceptors (Lipinski definition) is 7. The van der Waals surface area contributed by atoms with Gasteiger partial charge in [0.15, 0.2) is 5.65 Å². The van der Waals surface area contributed by atoms with Crippen LogP contribution in [0.2, 0.25) is 0 Å². The summed E-state index contributed by atoms with van der Waals surface area (Å²) in [4.78, 5) is 19.5. The normalized spacial score (nSPS) is 14.3. The molecular formula is C32H30FN7O2S. The minimum Gasteiger partial charge on any atom is -0.338 e. The maximum Gasteiger partial charge on any atom is 0.181 e. The predicted octanol–water partition coefficient (Wildman–Crippen LogP) is 5.55. The molecule has 0 bridgehead atoms. The van der Waals surface area contributed by atoms with Gasteiger partial charge in [0.25, 0.3) is 0 Å². The van der Waals surface area contributed by atoms with Crippen molar-refractivity contribution >= 4 is 31.9 Å². The zero-order chi connectivity index (χ0) is 29.6. The Labute approximate surface area is 248 Å². The number of nitrogens with one attached hydrogen (secondary N) is 2. The number of benzene rings is 1. The second-order valence-electron chi connectivity index (χ2n) is 11.3. The molecule has 5 aromatic heterocycles. The van der Waals surface area contributed by atoms with Crippen LogP contribution in [0.4, 0.5) is 4.39 Å². The molecule has 0 atom stereocenters. The van der Waals surface area contributed by atoms with Gasteiger partial charge in [-0.1, -0.05) is 6.07 Å². The van der Waals surface area contributed by atoms with E-state index < -0.39 is 15.7 Å². The second-order valence-corrected chi connectivity index (χ2v) is 13.6. The number of aryl methyl sites for hydroxylation is 1. The van der Waals surface area contributed by atoms with E-state index in [1.165, 1.54) is 36.8 Å². The van der Waals surface area contributed by atoms with E-state index in [-0.39, 0.29) is 12.2 Å². The molecule has 6 heterocycles. The SMILES string of the molecule is CS(=O)(=O)CCc1cc(F)cc(-c2ccnc3[nH]c(-c4[nH]nc5ncc(-c6cncc(CN7CCCC7)c6)cc45)cc23)c1. The summed E-state index contributed by atoms with van der Waals surface area (Å²) in [5.74, 6) is -0.462. The molecule has 6 aromatic rings. The highest BCUT2D eigenvalue weighted by molar-refractivity contribution is 7.90. The first-order valence-corrected chi connectivity index (χ1v) is 16.3. The topological polar surface area (TPSA) is 121 Å². The fraction of sp³-hybridized carbons (Fsp3) is 0.250. The fourth-order valence-corrected chi connectivity index (χ4v) is 6.47. The number of H-pyrrole nitrogens is 2. The first-order chi connectivity index (χ1) is 20.8. The molecule has 0 radical (unpaired) electrons. The molecule has 1 aromatic carbocycles. The number of aromatic amines is 2. The highest BCUT2D eigenvalue weighted by atomic mass is 32.2. The number of rotatable bonds is 8. The molecule has 7 rings (SSSR count). The van der Waals surface area contributed by atoms with Crippen molar-refractivity contribution in [2.45, 2.75) is 25.8 Å². The Morgan fingerprint density at radius 1 is 0.907 bits per heavy atom. The Hall–Kier alpha value is -4.48. The van der Waals surface area contributed by atoms with Gasteiger partial charge in [-0.25, -0.2) is 22.8 Å². The largest absolute Gasteiger partial charge is 0.338 e. The van der Waals surface area contributed by atoms with Crippen LogP contribution in [0.25, 0.3) is 55.7 Å². The van der Waals surface area contributed by atoms with E-state index in [0.717, 1.165) is 58.5 Å². The van der Waals surface area contributed by atoms with Crippen LogP contribution in [0.15, 0.2) is 67.3 Å². The van der Waals surface area contributed by atoms with Crippen molar-refractivity contribution in [3.05, 3.63) is 84.2 Å². The highest BCUT2D eigenvalue weighted by Crippen LogP contribution is 2.35. The third-order valence-electron chi connectivity index (χ3n) is 7.97. The maximum atomic E-state index is 14.6. The number of aromatic nitrogens is 6. The van der Waals surface area contributed by atoms with Crippen molar-refractivity contribution < 1.29 is 12.8 Å². The van der Waals surface area contributed by atoms with Crippen molar-refractivity contribution in [1.82, 2.24) is 35.0 Å². The molecule has 2 N–H and O–H groups in total. The molecule has 1 saturated heterocycles. The number of hydrogen-bond donors (Lipinski definition) is 2. The molecule has 9 nitrogen and oxygen atoms in total. The summed E-state index contributed by atoms with van der Waals surface area (Å²) in [6.45, 7) is 3.14. The Balaban J connectivity index is 1.24. The quantitative estimate of drug-likeness (QED) is 0.237. The molecular weight excluding hydrogens is 565 g/mol. The van der Waals surface area contributed by atoms with E-state index in [9.17, 15) is 12.8 Å². The van der Waals surface area contributed by atoms with Crippen LogP contribution < -0.4 is 0 Å². The summed E-state index contributed by atoms with van der Waals surface area (Å²) in [5.41, 5.74) is 7.95. The van der Waals surface area contributed by atoms with E-state index in [1.807, 2.05) is 36.8 Å². The summed E-state index contributed by atoms with van der Waals surface area (Å²) < 4.78 is 38.0. The monoisotopic (exact) mass is 595 g/mol. The zero-order valence-corrected chi connectivity index (χ0v) is 24.5. The highest BCUT2D eigenvalue weighted by Gasteiger charge is 2.17. The molecule has 1 fully saturated rings. The first-order valence-electron chi connectivity index (χ1n) is 14.3. The minimum absolute atomic E-state index is 0.0440. The van der Waals surface area contributed by atoms with E-state index in [1.54, 1.807) is 6.20 Å². The molecule has 0 amide bonds. The standard InChI is InChI=1S/C32H30FN7O2S/c1-43(41,42)9-5-20-10-22(13-25(33)12-20)26-4-6-35-31-27(26)15-29(37-31)30-28-14-24(18-36-32(28)39-38-30)23-11-21(16-34-17-23)19-40-7-2-3-8-40/h4,6,10-18H,2-3,5,7-9,19H2,1H3,(H,35,37)(H,36,38,39). The van der Waals surface area contributed by atoms with Crippen molar-refractivity contribution in [3.63, 3.8) is 0 Å². The molecule has 0 aliphatic carbocycles.